The molecule has 0 bridgehead atoms. The molecular weight excluding hydrogens is 364 g/mol. The first-order valence-electron chi connectivity index (χ1n) is 8.50. The molecule has 0 aliphatic rings. The van der Waals surface area contributed by atoms with Gasteiger partial charge >= 0.3 is 5.97 Å². The highest BCUT2D eigenvalue weighted by molar-refractivity contribution is 5.95. The standard InChI is InChI=1S/C20H22N2O6/c1-4-27-19(23)13-28-16-7-5-6-14(8-16)12-21-22-20(24)15-9-17(25-2)11-18(10-15)26-3/h5-12H,4,13H2,1-3H3,(H,22,24)/b21-12-. The summed E-state index contributed by atoms with van der Waals surface area (Å²) in [5, 5.41) is 3.94. The third-order valence-corrected chi connectivity index (χ3v) is 3.51. The van der Waals surface area contributed by atoms with Crippen molar-refractivity contribution in [3.05, 3.63) is 53.6 Å². The fourth-order valence-corrected chi connectivity index (χ4v) is 2.20. The van der Waals surface area contributed by atoms with E-state index in [1.807, 2.05) is 0 Å². The van der Waals surface area contributed by atoms with Gasteiger partial charge in [0.1, 0.15) is 17.2 Å². The third-order valence-electron chi connectivity index (χ3n) is 3.51. The molecule has 0 aromatic heterocycles. The lowest BCUT2D eigenvalue weighted by Gasteiger charge is -2.07. The van der Waals surface area contributed by atoms with Crippen molar-refractivity contribution in [2.24, 2.45) is 5.10 Å². The number of carbonyl (C=O) groups excluding carboxylic acids is 2. The molecule has 8 heteroatoms. The van der Waals surface area contributed by atoms with Crippen LogP contribution in [0.4, 0.5) is 0 Å². The highest BCUT2D eigenvalue weighted by Crippen LogP contribution is 2.22. The van der Waals surface area contributed by atoms with Crippen molar-refractivity contribution in [2.45, 2.75) is 6.92 Å². The van der Waals surface area contributed by atoms with Gasteiger partial charge in [-0.3, -0.25) is 4.79 Å². The monoisotopic (exact) mass is 386 g/mol. The maximum Gasteiger partial charge on any atom is 0.344 e. The van der Waals surface area contributed by atoms with Crippen LogP contribution in [0.1, 0.15) is 22.8 Å². The molecule has 0 radical (unpaired) electrons. The van der Waals surface area contributed by atoms with Gasteiger partial charge in [-0.15, -0.1) is 0 Å². The molecule has 0 spiro atoms. The Morgan fingerprint density at radius 3 is 2.39 bits per heavy atom. The van der Waals surface area contributed by atoms with E-state index in [4.69, 9.17) is 18.9 Å². The highest BCUT2D eigenvalue weighted by atomic mass is 16.6. The first-order valence-corrected chi connectivity index (χ1v) is 8.50. The lowest BCUT2D eigenvalue weighted by Crippen LogP contribution is -2.17. The summed E-state index contributed by atoms with van der Waals surface area (Å²) < 4.78 is 20.5. The van der Waals surface area contributed by atoms with E-state index in [0.717, 1.165) is 0 Å². The zero-order chi connectivity index (χ0) is 20.4. The molecule has 0 aliphatic carbocycles. The summed E-state index contributed by atoms with van der Waals surface area (Å²) >= 11 is 0. The van der Waals surface area contributed by atoms with Crippen molar-refractivity contribution in [3.63, 3.8) is 0 Å². The van der Waals surface area contributed by atoms with Gasteiger partial charge in [-0.25, -0.2) is 10.2 Å². The average molecular weight is 386 g/mol. The van der Waals surface area contributed by atoms with E-state index >= 15 is 0 Å². The molecule has 28 heavy (non-hydrogen) atoms. The number of nitrogens with one attached hydrogen (secondary N) is 1. The Kier molecular flexibility index (Phi) is 7.83. The van der Waals surface area contributed by atoms with Crippen LogP contribution in [0.2, 0.25) is 0 Å². The number of amides is 1. The number of hydrogen-bond donors (Lipinski definition) is 1. The van der Waals surface area contributed by atoms with Crippen LogP contribution in [0.5, 0.6) is 17.2 Å². The summed E-state index contributed by atoms with van der Waals surface area (Å²) in [5.74, 6) is 0.631. The van der Waals surface area contributed by atoms with E-state index < -0.39 is 11.9 Å². The number of methoxy groups -OCH3 is 2. The largest absolute Gasteiger partial charge is 0.497 e. The zero-order valence-electron chi connectivity index (χ0n) is 15.9. The summed E-state index contributed by atoms with van der Waals surface area (Å²) in [6.45, 7) is 1.85. The van der Waals surface area contributed by atoms with Crippen molar-refractivity contribution in [3.8, 4) is 17.2 Å². The number of carbonyl (C=O) groups is 2. The summed E-state index contributed by atoms with van der Waals surface area (Å²) in [7, 11) is 3.01. The number of benzene rings is 2. The Balaban J connectivity index is 1.98. The average Bonchev–Trinajstić information content (AvgIpc) is 2.72. The minimum atomic E-state index is -0.442. The van der Waals surface area contributed by atoms with E-state index in [9.17, 15) is 9.59 Å². The fourth-order valence-electron chi connectivity index (χ4n) is 2.20. The molecule has 8 nitrogen and oxygen atoms in total. The Morgan fingerprint density at radius 2 is 1.75 bits per heavy atom. The van der Waals surface area contributed by atoms with Gasteiger partial charge in [-0.05, 0) is 36.8 Å². The van der Waals surface area contributed by atoms with E-state index in [0.29, 0.717) is 35.0 Å². The van der Waals surface area contributed by atoms with E-state index in [1.165, 1.54) is 20.4 Å². The highest BCUT2D eigenvalue weighted by Gasteiger charge is 2.09. The van der Waals surface area contributed by atoms with Crippen molar-refractivity contribution in [1.82, 2.24) is 5.43 Å². The van der Waals surface area contributed by atoms with Crippen molar-refractivity contribution in [2.75, 3.05) is 27.4 Å². The molecule has 2 aromatic carbocycles. The summed E-state index contributed by atoms with van der Waals surface area (Å²) in [6, 6.07) is 11.7. The predicted molar refractivity (Wildman–Crippen MR) is 103 cm³/mol. The van der Waals surface area contributed by atoms with Crippen LogP contribution >= 0.6 is 0 Å². The first-order chi connectivity index (χ1) is 13.5. The molecule has 0 aliphatic heterocycles. The quantitative estimate of drug-likeness (QED) is 0.404. The number of ether oxygens (including phenoxy) is 4. The summed E-state index contributed by atoms with van der Waals surface area (Å²) in [4.78, 5) is 23.6. The second-order valence-corrected chi connectivity index (χ2v) is 5.47. The van der Waals surface area contributed by atoms with Gasteiger partial charge in [0.15, 0.2) is 6.61 Å². The Hall–Kier alpha value is -3.55. The van der Waals surface area contributed by atoms with Crippen molar-refractivity contribution < 1.29 is 28.5 Å². The van der Waals surface area contributed by atoms with Crippen LogP contribution in [-0.4, -0.2) is 45.5 Å². The number of esters is 1. The van der Waals surface area contributed by atoms with Crippen molar-refractivity contribution >= 4 is 18.1 Å². The molecule has 0 unspecified atom stereocenters. The molecule has 2 rings (SSSR count). The van der Waals surface area contributed by atoms with Gasteiger partial charge in [0.25, 0.3) is 5.91 Å². The van der Waals surface area contributed by atoms with Gasteiger partial charge in [-0.1, -0.05) is 12.1 Å². The predicted octanol–water partition coefficient (Wildman–Crippen LogP) is 2.41. The molecule has 0 saturated carbocycles. The molecule has 0 fully saturated rings. The number of hydrazone groups is 1. The smallest absolute Gasteiger partial charge is 0.344 e. The lowest BCUT2D eigenvalue weighted by atomic mass is 10.2. The van der Waals surface area contributed by atoms with Crippen LogP contribution in [0.15, 0.2) is 47.6 Å². The Bertz CT molecular complexity index is 828. The minimum Gasteiger partial charge on any atom is -0.497 e. The van der Waals surface area contributed by atoms with Gasteiger partial charge in [0.05, 0.1) is 27.0 Å². The summed E-state index contributed by atoms with van der Waals surface area (Å²) in [6.07, 6.45) is 1.46. The number of rotatable bonds is 9. The molecule has 1 N–H and O–H groups in total. The third kappa shape index (κ3) is 6.31. The maximum atomic E-state index is 12.3. The van der Waals surface area contributed by atoms with Crippen LogP contribution in [0.25, 0.3) is 0 Å². The second kappa shape index (κ2) is 10.6. The molecular formula is C20H22N2O6. The maximum absolute atomic E-state index is 12.3. The topological polar surface area (TPSA) is 95.5 Å². The number of nitrogens with zero attached hydrogens (tertiary/aromatic N) is 1. The van der Waals surface area contributed by atoms with Gasteiger partial charge < -0.3 is 18.9 Å². The van der Waals surface area contributed by atoms with E-state index in [-0.39, 0.29) is 6.61 Å². The molecule has 0 heterocycles. The molecule has 1 amide bonds. The molecule has 0 saturated heterocycles. The van der Waals surface area contributed by atoms with Gasteiger partial charge in [0, 0.05) is 11.6 Å². The van der Waals surface area contributed by atoms with Crippen LogP contribution < -0.4 is 19.6 Å². The van der Waals surface area contributed by atoms with Crippen LogP contribution in [-0.2, 0) is 9.53 Å². The Morgan fingerprint density at radius 1 is 1.04 bits per heavy atom. The minimum absolute atomic E-state index is 0.178. The van der Waals surface area contributed by atoms with Gasteiger partial charge in [0.2, 0.25) is 0 Å². The lowest BCUT2D eigenvalue weighted by molar-refractivity contribution is -0.145. The van der Waals surface area contributed by atoms with E-state index in [1.54, 1.807) is 49.4 Å². The normalized spacial score (nSPS) is 10.4. The van der Waals surface area contributed by atoms with E-state index in [2.05, 4.69) is 10.5 Å². The molecule has 148 valence electrons. The van der Waals surface area contributed by atoms with Crippen molar-refractivity contribution in [1.29, 1.82) is 0 Å². The van der Waals surface area contributed by atoms with Gasteiger partial charge in [-0.2, -0.15) is 5.10 Å². The number of hydrogen-bond acceptors (Lipinski definition) is 7. The Labute approximate surface area is 163 Å². The fraction of sp³-hybridized carbons (Fsp3) is 0.250. The van der Waals surface area contributed by atoms with Crippen LogP contribution in [0, 0.1) is 0 Å². The van der Waals surface area contributed by atoms with Crippen LogP contribution in [0.3, 0.4) is 0 Å². The first kappa shape index (κ1) is 20.8. The summed E-state index contributed by atoms with van der Waals surface area (Å²) in [5.41, 5.74) is 3.47. The molecule has 0 atom stereocenters. The second-order valence-electron chi connectivity index (χ2n) is 5.47. The SMILES string of the molecule is CCOC(=O)COc1cccc(/C=N\NC(=O)c2cc(OC)cc(OC)c2)c1. The molecule has 2 aromatic rings. The zero-order valence-corrected chi connectivity index (χ0v) is 15.9.